The molecule has 7 heteroatoms. The number of H-pyrrole nitrogens is 1. The second kappa shape index (κ2) is 7.39. The molecule has 1 aliphatic heterocycles. The smallest absolute Gasteiger partial charge is 0.266 e. The van der Waals surface area contributed by atoms with Gasteiger partial charge in [0.05, 0.1) is 6.10 Å². The zero-order valence-electron chi connectivity index (χ0n) is 15.2. The summed E-state index contributed by atoms with van der Waals surface area (Å²) in [5, 5.41) is 2.75. The molecule has 0 aromatic carbocycles. The lowest BCUT2D eigenvalue weighted by Crippen LogP contribution is -2.43. The van der Waals surface area contributed by atoms with Gasteiger partial charge >= 0.3 is 0 Å². The van der Waals surface area contributed by atoms with Crippen LogP contribution >= 0.6 is 0 Å². The zero-order valence-corrected chi connectivity index (χ0v) is 15.2. The average Bonchev–Trinajstić information content (AvgIpc) is 2.95. The van der Waals surface area contributed by atoms with Gasteiger partial charge in [0.1, 0.15) is 0 Å². The fraction of sp³-hybridized carbons (Fsp3) is 0.611. The quantitative estimate of drug-likeness (QED) is 0.892. The van der Waals surface area contributed by atoms with Gasteiger partial charge in [-0.25, -0.2) is 9.50 Å². The predicted octanol–water partition coefficient (Wildman–Crippen LogP) is 1.60. The van der Waals surface area contributed by atoms with Crippen molar-refractivity contribution in [2.75, 3.05) is 19.7 Å². The topological polar surface area (TPSA) is 79.7 Å². The van der Waals surface area contributed by atoms with Crippen LogP contribution in [0.25, 0.3) is 5.65 Å². The standard InChI is InChI=1S/C18H26N4O3/c1-4-25-14-6-5-9-21(11-14)18(24)8-7-15-12(2)19-16-10-17(23)20-22(16)13(15)3/h10,14H,4-9,11H2,1-3H3,(H,20,23)/t14-/m0/s1. The first-order valence-electron chi connectivity index (χ1n) is 8.96. The number of nitrogens with zero attached hydrogens (tertiary/aromatic N) is 3. The number of ether oxygens (including phenoxy) is 1. The molecule has 1 saturated heterocycles. The van der Waals surface area contributed by atoms with Gasteiger partial charge in [-0.3, -0.25) is 14.7 Å². The van der Waals surface area contributed by atoms with Crippen molar-refractivity contribution in [1.82, 2.24) is 19.5 Å². The number of carbonyl (C=O) groups is 1. The third-order valence-electron chi connectivity index (χ3n) is 4.92. The van der Waals surface area contributed by atoms with Crippen molar-refractivity contribution in [3.05, 3.63) is 33.4 Å². The number of likely N-dealkylation sites (tertiary alicyclic amines) is 1. The lowest BCUT2D eigenvalue weighted by molar-refractivity contribution is -0.135. The molecule has 136 valence electrons. The first-order valence-corrected chi connectivity index (χ1v) is 8.96. The van der Waals surface area contributed by atoms with Gasteiger partial charge in [0, 0.05) is 43.6 Å². The van der Waals surface area contributed by atoms with Crippen LogP contribution in [0, 0.1) is 13.8 Å². The van der Waals surface area contributed by atoms with Gasteiger partial charge in [-0.2, -0.15) is 0 Å². The van der Waals surface area contributed by atoms with E-state index in [1.54, 1.807) is 4.52 Å². The van der Waals surface area contributed by atoms with Crippen LogP contribution in [0.4, 0.5) is 0 Å². The third-order valence-corrected chi connectivity index (χ3v) is 4.92. The normalized spacial score (nSPS) is 18.0. The van der Waals surface area contributed by atoms with Gasteiger partial charge < -0.3 is 9.64 Å². The second-order valence-corrected chi connectivity index (χ2v) is 6.63. The number of hydrogen-bond acceptors (Lipinski definition) is 4. The molecule has 0 saturated carbocycles. The number of nitrogens with one attached hydrogen (secondary N) is 1. The van der Waals surface area contributed by atoms with Crippen molar-refractivity contribution in [1.29, 1.82) is 0 Å². The first-order chi connectivity index (χ1) is 12.0. The molecule has 1 aliphatic rings. The molecule has 0 radical (unpaired) electrons. The van der Waals surface area contributed by atoms with Crippen LogP contribution in [0.3, 0.4) is 0 Å². The summed E-state index contributed by atoms with van der Waals surface area (Å²) in [5.41, 5.74) is 3.27. The van der Waals surface area contributed by atoms with E-state index in [0.29, 0.717) is 31.6 Å². The van der Waals surface area contributed by atoms with E-state index in [2.05, 4.69) is 10.1 Å². The maximum atomic E-state index is 12.6. The summed E-state index contributed by atoms with van der Waals surface area (Å²) in [6.45, 7) is 8.04. The lowest BCUT2D eigenvalue weighted by Gasteiger charge is -2.32. The summed E-state index contributed by atoms with van der Waals surface area (Å²) in [7, 11) is 0. The molecule has 1 fully saturated rings. The monoisotopic (exact) mass is 346 g/mol. The number of aromatic nitrogens is 3. The summed E-state index contributed by atoms with van der Waals surface area (Å²) >= 11 is 0. The maximum Gasteiger partial charge on any atom is 0.266 e. The molecule has 2 aromatic heterocycles. The molecule has 3 heterocycles. The highest BCUT2D eigenvalue weighted by molar-refractivity contribution is 5.76. The number of aryl methyl sites for hydroxylation is 2. The van der Waals surface area contributed by atoms with Crippen molar-refractivity contribution in [3.63, 3.8) is 0 Å². The van der Waals surface area contributed by atoms with E-state index < -0.39 is 0 Å². The van der Waals surface area contributed by atoms with E-state index in [9.17, 15) is 9.59 Å². The molecule has 7 nitrogen and oxygen atoms in total. The Labute approximate surface area is 147 Å². The molecule has 1 atom stereocenters. The number of amides is 1. The molecule has 0 unspecified atom stereocenters. The molecule has 1 N–H and O–H groups in total. The van der Waals surface area contributed by atoms with E-state index in [1.165, 1.54) is 6.07 Å². The molecule has 0 aliphatic carbocycles. The minimum Gasteiger partial charge on any atom is -0.377 e. The Morgan fingerprint density at radius 3 is 3.00 bits per heavy atom. The van der Waals surface area contributed by atoms with Crippen LogP contribution in [0.2, 0.25) is 0 Å². The van der Waals surface area contributed by atoms with Crippen molar-refractivity contribution >= 4 is 11.6 Å². The number of piperidine rings is 1. The first kappa shape index (κ1) is 17.7. The highest BCUT2D eigenvalue weighted by Gasteiger charge is 2.24. The molecule has 25 heavy (non-hydrogen) atoms. The molecule has 1 amide bonds. The maximum absolute atomic E-state index is 12.6. The number of hydrogen-bond donors (Lipinski definition) is 1. The Balaban J connectivity index is 1.69. The fourth-order valence-electron chi connectivity index (χ4n) is 3.64. The van der Waals surface area contributed by atoms with Crippen molar-refractivity contribution in [2.24, 2.45) is 0 Å². The Morgan fingerprint density at radius 2 is 2.24 bits per heavy atom. The van der Waals surface area contributed by atoms with Crippen LogP contribution in [-0.2, 0) is 16.0 Å². The SMILES string of the molecule is CCO[C@H]1CCCN(C(=O)CCc2c(C)nc3cc(=O)[nH]n3c2C)C1. The molecular formula is C18H26N4O3. The van der Waals surface area contributed by atoms with Crippen molar-refractivity contribution in [3.8, 4) is 0 Å². The van der Waals surface area contributed by atoms with Gasteiger partial charge in [0.15, 0.2) is 5.65 Å². The van der Waals surface area contributed by atoms with Gasteiger partial charge in [0.25, 0.3) is 5.56 Å². The largest absolute Gasteiger partial charge is 0.377 e. The third kappa shape index (κ3) is 3.76. The van der Waals surface area contributed by atoms with Crippen molar-refractivity contribution < 1.29 is 9.53 Å². The Morgan fingerprint density at radius 1 is 1.44 bits per heavy atom. The molecular weight excluding hydrogens is 320 g/mol. The Kier molecular flexibility index (Phi) is 5.22. The average molecular weight is 346 g/mol. The number of aromatic amines is 1. The summed E-state index contributed by atoms with van der Waals surface area (Å²) in [5.74, 6) is 0.157. The highest BCUT2D eigenvalue weighted by Crippen LogP contribution is 2.18. The Bertz CT molecular complexity index is 822. The van der Waals surface area contributed by atoms with Crippen molar-refractivity contribution in [2.45, 2.75) is 52.6 Å². The summed E-state index contributed by atoms with van der Waals surface area (Å²) in [4.78, 5) is 30.5. The minimum absolute atomic E-state index is 0.157. The van der Waals surface area contributed by atoms with Gasteiger partial charge in [-0.1, -0.05) is 0 Å². The molecule has 3 rings (SSSR count). The van der Waals surface area contributed by atoms with E-state index >= 15 is 0 Å². The minimum atomic E-state index is -0.168. The summed E-state index contributed by atoms with van der Waals surface area (Å²) in [6, 6.07) is 1.48. The highest BCUT2D eigenvalue weighted by atomic mass is 16.5. The number of carbonyl (C=O) groups excluding carboxylic acids is 1. The van der Waals surface area contributed by atoms with Crippen LogP contribution in [-0.4, -0.2) is 51.2 Å². The predicted molar refractivity (Wildman–Crippen MR) is 94.8 cm³/mol. The van der Waals surface area contributed by atoms with E-state index in [-0.39, 0.29) is 17.6 Å². The van der Waals surface area contributed by atoms with Crippen LogP contribution < -0.4 is 5.56 Å². The van der Waals surface area contributed by atoms with E-state index in [4.69, 9.17) is 4.74 Å². The fourth-order valence-corrected chi connectivity index (χ4v) is 3.64. The second-order valence-electron chi connectivity index (χ2n) is 6.63. The lowest BCUT2D eigenvalue weighted by atomic mass is 10.0. The molecule has 0 spiro atoms. The van der Waals surface area contributed by atoms with E-state index in [1.807, 2.05) is 25.7 Å². The van der Waals surface area contributed by atoms with Crippen LogP contribution in [0.1, 0.15) is 43.1 Å². The number of rotatable bonds is 5. The Hall–Kier alpha value is -2.15. The molecule has 0 bridgehead atoms. The van der Waals surface area contributed by atoms with E-state index in [0.717, 1.165) is 36.3 Å². The summed E-state index contributed by atoms with van der Waals surface area (Å²) in [6.07, 6.45) is 3.24. The van der Waals surface area contributed by atoms with Crippen LogP contribution in [0.15, 0.2) is 10.9 Å². The van der Waals surface area contributed by atoms with Gasteiger partial charge in [-0.15, -0.1) is 0 Å². The van der Waals surface area contributed by atoms with Gasteiger partial charge in [-0.05, 0) is 45.6 Å². The zero-order chi connectivity index (χ0) is 18.0. The summed E-state index contributed by atoms with van der Waals surface area (Å²) < 4.78 is 7.37. The van der Waals surface area contributed by atoms with Crippen LogP contribution in [0.5, 0.6) is 0 Å². The molecule has 2 aromatic rings. The van der Waals surface area contributed by atoms with Gasteiger partial charge in [0.2, 0.25) is 5.91 Å². The number of fused-ring (bicyclic) bond motifs is 1.